The van der Waals surface area contributed by atoms with E-state index in [4.69, 9.17) is 9.84 Å². The SMILES string of the molecule is CCNC(CCO)CN1CC(C)OCC1CC. The molecule has 4 heteroatoms. The number of aliphatic hydroxyl groups is 1. The van der Waals surface area contributed by atoms with Gasteiger partial charge in [0.25, 0.3) is 0 Å². The molecule has 1 saturated heterocycles. The molecule has 0 bridgehead atoms. The number of morpholine rings is 1. The van der Waals surface area contributed by atoms with Gasteiger partial charge in [0, 0.05) is 31.8 Å². The molecule has 0 aromatic carbocycles. The van der Waals surface area contributed by atoms with E-state index in [9.17, 15) is 0 Å². The van der Waals surface area contributed by atoms with E-state index in [2.05, 4.69) is 31.0 Å². The summed E-state index contributed by atoms with van der Waals surface area (Å²) in [5, 5.41) is 12.5. The van der Waals surface area contributed by atoms with Crippen LogP contribution in [0, 0.1) is 0 Å². The number of likely N-dealkylation sites (N-methyl/N-ethyl adjacent to an activating group) is 1. The predicted molar refractivity (Wildman–Crippen MR) is 70.2 cm³/mol. The standard InChI is InChI=1S/C13H28N2O2/c1-4-13-10-17-11(3)8-15(13)9-12(6-7-16)14-5-2/h11-14,16H,4-10H2,1-3H3. The van der Waals surface area contributed by atoms with Crippen LogP contribution in [0.5, 0.6) is 0 Å². The third-order valence-corrected chi connectivity index (χ3v) is 3.48. The highest BCUT2D eigenvalue weighted by atomic mass is 16.5. The largest absolute Gasteiger partial charge is 0.396 e. The maximum atomic E-state index is 9.08. The molecule has 0 saturated carbocycles. The van der Waals surface area contributed by atoms with Gasteiger partial charge in [-0.2, -0.15) is 0 Å². The lowest BCUT2D eigenvalue weighted by Gasteiger charge is -2.40. The Morgan fingerprint density at radius 3 is 2.82 bits per heavy atom. The van der Waals surface area contributed by atoms with Gasteiger partial charge >= 0.3 is 0 Å². The summed E-state index contributed by atoms with van der Waals surface area (Å²) in [6, 6.07) is 0.926. The molecule has 0 aromatic rings. The minimum absolute atomic E-state index is 0.258. The minimum atomic E-state index is 0.258. The van der Waals surface area contributed by atoms with E-state index in [-0.39, 0.29) is 6.61 Å². The molecule has 17 heavy (non-hydrogen) atoms. The second-order valence-corrected chi connectivity index (χ2v) is 4.93. The molecule has 1 rings (SSSR count). The fourth-order valence-electron chi connectivity index (χ4n) is 2.50. The van der Waals surface area contributed by atoms with Crippen molar-refractivity contribution in [2.24, 2.45) is 0 Å². The van der Waals surface area contributed by atoms with Crippen molar-refractivity contribution in [3.8, 4) is 0 Å². The third kappa shape index (κ3) is 4.92. The Hall–Kier alpha value is -0.160. The van der Waals surface area contributed by atoms with Gasteiger partial charge in [-0.25, -0.2) is 0 Å². The molecule has 102 valence electrons. The molecule has 3 atom stereocenters. The number of nitrogens with one attached hydrogen (secondary N) is 1. The van der Waals surface area contributed by atoms with Gasteiger partial charge in [-0.15, -0.1) is 0 Å². The van der Waals surface area contributed by atoms with Crippen molar-refractivity contribution >= 4 is 0 Å². The van der Waals surface area contributed by atoms with E-state index in [0.29, 0.717) is 18.2 Å². The first-order valence-electron chi connectivity index (χ1n) is 6.91. The van der Waals surface area contributed by atoms with Gasteiger partial charge in [-0.1, -0.05) is 13.8 Å². The van der Waals surface area contributed by atoms with Crippen LogP contribution >= 0.6 is 0 Å². The van der Waals surface area contributed by atoms with Crippen molar-refractivity contribution in [2.75, 3.05) is 32.8 Å². The molecule has 1 heterocycles. The Labute approximate surface area is 105 Å². The quantitative estimate of drug-likeness (QED) is 0.697. The van der Waals surface area contributed by atoms with E-state index in [0.717, 1.165) is 39.1 Å². The summed E-state index contributed by atoms with van der Waals surface area (Å²) in [4.78, 5) is 2.51. The lowest BCUT2D eigenvalue weighted by molar-refractivity contribution is -0.0589. The molecule has 3 unspecified atom stereocenters. The molecular weight excluding hydrogens is 216 g/mol. The highest BCUT2D eigenvalue weighted by Gasteiger charge is 2.27. The van der Waals surface area contributed by atoms with Crippen molar-refractivity contribution in [1.29, 1.82) is 0 Å². The number of hydrogen-bond donors (Lipinski definition) is 2. The van der Waals surface area contributed by atoms with Crippen LogP contribution in [-0.2, 0) is 4.74 Å². The molecule has 0 spiro atoms. The Kier molecular flexibility index (Phi) is 7.04. The smallest absolute Gasteiger partial charge is 0.0674 e. The molecule has 0 amide bonds. The zero-order valence-corrected chi connectivity index (χ0v) is 11.5. The molecule has 0 aliphatic carbocycles. The molecule has 1 fully saturated rings. The summed E-state index contributed by atoms with van der Waals surface area (Å²) in [5.41, 5.74) is 0. The maximum absolute atomic E-state index is 9.08. The summed E-state index contributed by atoms with van der Waals surface area (Å²) in [6.07, 6.45) is 2.29. The molecule has 1 aliphatic heterocycles. The fourth-order valence-corrected chi connectivity index (χ4v) is 2.50. The van der Waals surface area contributed by atoms with Crippen molar-refractivity contribution < 1.29 is 9.84 Å². The predicted octanol–water partition coefficient (Wildman–Crippen LogP) is 0.846. The van der Waals surface area contributed by atoms with Gasteiger partial charge in [0.05, 0.1) is 12.7 Å². The number of hydrogen-bond acceptors (Lipinski definition) is 4. The summed E-state index contributed by atoms with van der Waals surface area (Å²) in [5.74, 6) is 0. The average Bonchev–Trinajstić information content (AvgIpc) is 2.30. The number of aliphatic hydroxyl groups excluding tert-OH is 1. The first-order valence-corrected chi connectivity index (χ1v) is 6.91. The van der Waals surface area contributed by atoms with E-state index in [1.165, 1.54) is 0 Å². The summed E-state index contributed by atoms with van der Waals surface area (Å²) < 4.78 is 5.70. The highest BCUT2D eigenvalue weighted by Crippen LogP contribution is 2.15. The number of ether oxygens (including phenoxy) is 1. The van der Waals surface area contributed by atoms with Crippen LogP contribution < -0.4 is 5.32 Å². The lowest BCUT2D eigenvalue weighted by Crippen LogP contribution is -2.53. The van der Waals surface area contributed by atoms with Gasteiger partial charge < -0.3 is 15.2 Å². The Morgan fingerprint density at radius 1 is 1.47 bits per heavy atom. The van der Waals surface area contributed by atoms with Crippen LogP contribution in [0.25, 0.3) is 0 Å². The Balaban J connectivity index is 2.48. The van der Waals surface area contributed by atoms with Gasteiger partial charge in [-0.3, -0.25) is 4.90 Å². The number of nitrogens with zero attached hydrogens (tertiary/aromatic N) is 1. The van der Waals surface area contributed by atoms with E-state index in [1.54, 1.807) is 0 Å². The molecular formula is C13H28N2O2. The summed E-state index contributed by atoms with van der Waals surface area (Å²) in [6.45, 7) is 10.5. The maximum Gasteiger partial charge on any atom is 0.0674 e. The first-order chi connectivity index (χ1) is 8.21. The van der Waals surface area contributed by atoms with Crippen molar-refractivity contribution in [3.63, 3.8) is 0 Å². The van der Waals surface area contributed by atoms with Crippen LogP contribution in [0.1, 0.15) is 33.6 Å². The monoisotopic (exact) mass is 244 g/mol. The summed E-state index contributed by atoms with van der Waals surface area (Å²) in [7, 11) is 0. The Morgan fingerprint density at radius 2 is 2.24 bits per heavy atom. The minimum Gasteiger partial charge on any atom is -0.396 e. The molecule has 0 aromatic heterocycles. The van der Waals surface area contributed by atoms with Crippen LogP contribution in [0.3, 0.4) is 0 Å². The van der Waals surface area contributed by atoms with Crippen LogP contribution in [0.2, 0.25) is 0 Å². The second kappa shape index (κ2) is 8.03. The van der Waals surface area contributed by atoms with E-state index < -0.39 is 0 Å². The average molecular weight is 244 g/mol. The summed E-state index contributed by atoms with van der Waals surface area (Å²) >= 11 is 0. The van der Waals surface area contributed by atoms with Crippen LogP contribution in [0.4, 0.5) is 0 Å². The molecule has 0 radical (unpaired) electrons. The zero-order chi connectivity index (χ0) is 12.7. The first kappa shape index (κ1) is 14.9. The van der Waals surface area contributed by atoms with Gasteiger partial charge in [0.15, 0.2) is 0 Å². The van der Waals surface area contributed by atoms with Crippen LogP contribution in [0.15, 0.2) is 0 Å². The Bertz CT molecular complexity index is 196. The van der Waals surface area contributed by atoms with Crippen LogP contribution in [-0.4, -0.2) is 61.0 Å². The topological polar surface area (TPSA) is 44.7 Å². The normalized spacial score (nSPS) is 28.2. The molecule has 4 nitrogen and oxygen atoms in total. The van der Waals surface area contributed by atoms with Gasteiger partial charge in [-0.05, 0) is 26.3 Å². The molecule has 2 N–H and O–H groups in total. The third-order valence-electron chi connectivity index (χ3n) is 3.48. The fraction of sp³-hybridized carbons (Fsp3) is 1.00. The zero-order valence-electron chi connectivity index (χ0n) is 11.5. The van der Waals surface area contributed by atoms with Gasteiger partial charge in [0.1, 0.15) is 0 Å². The van der Waals surface area contributed by atoms with E-state index in [1.807, 2.05) is 0 Å². The highest BCUT2D eigenvalue weighted by molar-refractivity contribution is 4.81. The van der Waals surface area contributed by atoms with Crippen molar-refractivity contribution in [2.45, 2.75) is 51.8 Å². The van der Waals surface area contributed by atoms with Crippen molar-refractivity contribution in [1.82, 2.24) is 10.2 Å². The lowest BCUT2D eigenvalue weighted by atomic mass is 10.1. The second-order valence-electron chi connectivity index (χ2n) is 4.93. The number of rotatable bonds is 7. The van der Waals surface area contributed by atoms with Crippen molar-refractivity contribution in [3.05, 3.63) is 0 Å². The van der Waals surface area contributed by atoms with Gasteiger partial charge in [0.2, 0.25) is 0 Å². The van der Waals surface area contributed by atoms with E-state index >= 15 is 0 Å². The molecule has 1 aliphatic rings.